The van der Waals surface area contributed by atoms with Crippen LogP contribution in [0.15, 0.2) is 12.1 Å². The lowest BCUT2D eigenvalue weighted by Gasteiger charge is -1.96. The lowest BCUT2D eigenvalue weighted by atomic mass is 10.6. The van der Waals surface area contributed by atoms with Gasteiger partial charge >= 0.3 is 6.16 Å². The Labute approximate surface area is 72.5 Å². The van der Waals surface area contributed by atoms with Crippen molar-refractivity contribution in [2.24, 2.45) is 0 Å². The van der Waals surface area contributed by atoms with Crippen molar-refractivity contribution in [1.29, 1.82) is 0 Å². The molecule has 0 N–H and O–H groups in total. The molecule has 11 heavy (non-hydrogen) atoms. The Morgan fingerprint density at radius 3 is 2.82 bits per heavy atom. The van der Waals surface area contributed by atoms with Crippen molar-refractivity contribution >= 4 is 29.1 Å². The summed E-state index contributed by atoms with van der Waals surface area (Å²) in [5.41, 5.74) is 0. The number of thiophene rings is 1. The predicted octanol–water partition coefficient (Wildman–Crippen LogP) is 2.55. The summed E-state index contributed by atoms with van der Waals surface area (Å²) < 4.78 is 9.50. The highest BCUT2D eigenvalue weighted by molar-refractivity contribution is 7.17. The largest absolute Gasteiger partial charge is 0.514 e. The average molecular weight is 193 g/mol. The van der Waals surface area contributed by atoms with E-state index in [1.807, 2.05) is 0 Å². The van der Waals surface area contributed by atoms with E-state index >= 15 is 0 Å². The molecule has 0 saturated heterocycles. The molecule has 0 aliphatic heterocycles. The van der Waals surface area contributed by atoms with Crippen LogP contribution in [0.1, 0.15) is 0 Å². The van der Waals surface area contributed by atoms with E-state index < -0.39 is 6.16 Å². The first-order valence-electron chi connectivity index (χ1n) is 2.73. The molecule has 1 heterocycles. The molecule has 0 aromatic carbocycles. The summed E-state index contributed by atoms with van der Waals surface area (Å²) in [7, 11) is 1.25. The van der Waals surface area contributed by atoms with E-state index in [1.54, 1.807) is 12.1 Å². The molecule has 3 nitrogen and oxygen atoms in total. The van der Waals surface area contributed by atoms with E-state index in [-0.39, 0.29) is 0 Å². The van der Waals surface area contributed by atoms with Crippen molar-refractivity contribution in [1.82, 2.24) is 0 Å². The topological polar surface area (TPSA) is 35.5 Å². The molecule has 1 aromatic rings. The first-order valence-corrected chi connectivity index (χ1v) is 3.93. The molecule has 0 aliphatic carbocycles. The van der Waals surface area contributed by atoms with Gasteiger partial charge in [0, 0.05) is 0 Å². The summed E-state index contributed by atoms with van der Waals surface area (Å²) in [6.45, 7) is 0. The van der Waals surface area contributed by atoms with E-state index in [1.165, 1.54) is 18.4 Å². The third-order valence-corrected chi connectivity index (χ3v) is 2.01. The van der Waals surface area contributed by atoms with E-state index in [4.69, 9.17) is 11.6 Å². The Hall–Kier alpha value is -0.740. The minimum Gasteiger partial charge on any atom is -0.437 e. The lowest BCUT2D eigenvalue weighted by molar-refractivity contribution is 0.123. The van der Waals surface area contributed by atoms with Gasteiger partial charge in [-0.05, 0) is 12.1 Å². The molecule has 0 amide bonds. The molecule has 1 rings (SSSR count). The summed E-state index contributed by atoms with van der Waals surface area (Å²) in [4.78, 5) is 10.5. The highest BCUT2D eigenvalue weighted by atomic mass is 35.5. The van der Waals surface area contributed by atoms with Crippen LogP contribution in [0.3, 0.4) is 0 Å². The minimum absolute atomic E-state index is 0.432. The van der Waals surface area contributed by atoms with Gasteiger partial charge in [0.2, 0.25) is 0 Å². The zero-order valence-electron chi connectivity index (χ0n) is 5.67. The Morgan fingerprint density at radius 1 is 1.64 bits per heavy atom. The van der Waals surface area contributed by atoms with Crippen LogP contribution in [-0.2, 0) is 4.74 Å². The van der Waals surface area contributed by atoms with Gasteiger partial charge in [0.1, 0.15) is 0 Å². The molecule has 0 aliphatic rings. The van der Waals surface area contributed by atoms with Gasteiger partial charge in [0.15, 0.2) is 5.06 Å². The summed E-state index contributed by atoms with van der Waals surface area (Å²) in [5, 5.41) is 0.432. The smallest absolute Gasteiger partial charge is 0.437 e. The van der Waals surface area contributed by atoms with Gasteiger partial charge in [-0.3, -0.25) is 0 Å². The Balaban J connectivity index is 2.57. The second-order valence-corrected chi connectivity index (χ2v) is 3.29. The van der Waals surface area contributed by atoms with Crippen LogP contribution in [0.2, 0.25) is 4.34 Å². The second-order valence-electron chi connectivity index (χ2n) is 1.61. The van der Waals surface area contributed by atoms with Crippen molar-refractivity contribution < 1.29 is 14.3 Å². The Bertz CT molecular complexity index is 258. The molecule has 0 radical (unpaired) electrons. The van der Waals surface area contributed by atoms with Gasteiger partial charge in [-0.2, -0.15) is 0 Å². The quantitative estimate of drug-likeness (QED) is 0.642. The van der Waals surface area contributed by atoms with Crippen molar-refractivity contribution in [2.45, 2.75) is 0 Å². The molecule has 5 heteroatoms. The van der Waals surface area contributed by atoms with Crippen molar-refractivity contribution in [2.75, 3.05) is 7.11 Å². The number of carbonyl (C=O) groups is 1. The average Bonchev–Trinajstić information content (AvgIpc) is 2.35. The first kappa shape index (κ1) is 8.36. The van der Waals surface area contributed by atoms with Crippen LogP contribution in [0, 0.1) is 0 Å². The van der Waals surface area contributed by atoms with E-state index in [9.17, 15) is 4.79 Å². The lowest BCUT2D eigenvalue weighted by Crippen LogP contribution is -2.05. The van der Waals surface area contributed by atoms with E-state index in [0.29, 0.717) is 9.40 Å². The van der Waals surface area contributed by atoms with Gasteiger partial charge in [-0.1, -0.05) is 22.9 Å². The summed E-state index contributed by atoms with van der Waals surface area (Å²) >= 11 is 6.75. The fourth-order valence-corrected chi connectivity index (χ4v) is 1.34. The maximum Gasteiger partial charge on any atom is 0.514 e. The molecule has 0 fully saturated rings. The Morgan fingerprint density at radius 2 is 2.36 bits per heavy atom. The predicted molar refractivity (Wildman–Crippen MR) is 42.4 cm³/mol. The normalized spacial score (nSPS) is 9.27. The molecule has 1 aromatic heterocycles. The summed E-state index contributed by atoms with van der Waals surface area (Å²) in [5.74, 6) is 0. The SMILES string of the molecule is COC(=O)Oc1ccc(Cl)s1. The second kappa shape index (κ2) is 3.59. The third kappa shape index (κ3) is 2.40. The number of hydrogen-bond acceptors (Lipinski definition) is 4. The maximum absolute atomic E-state index is 10.5. The molecule has 0 atom stereocenters. The number of rotatable bonds is 1. The van der Waals surface area contributed by atoms with Crippen LogP contribution < -0.4 is 4.74 Å². The van der Waals surface area contributed by atoms with Crippen LogP contribution in [-0.4, -0.2) is 13.3 Å². The molecular formula is C6H5ClO3S. The Kier molecular flexibility index (Phi) is 2.73. The highest BCUT2D eigenvalue weighted by Gasteiger charge is 2.04. The summed E-state index contributed by atoms with van der Waals surface area (Å²) in [6.07, 6.45) is -0.733. The minimum atomic E-state index is -0.733. The third-order valence-electron chi connectivity index (χ3n) is 0.899. The molecular weight excluding hydrogens is 188 g/mol. The van der Waals surface area contributed by atoms with Crippen molar-refractivity contribution in [3.05, 3.63) is 16.5 Å². The first-order chi connectivity index (χ1) is 5.22. The van der Waals surface area contributed by atoms with E-state index in [2.05, 4.69) is 9.47 Å². The number of ether oxygens (including phenoxy) is 2. The highest BCUT2D eigenvalue weighted by Crippen LogP contribution is 2.28. The van der Waals surface area contributed by atoms with Crippen molar-refractivity contribution in [3.63, 3.8) is 0 Å². The van der Waals surface area contributed by atoms with Gasteiger partial charge in [-0.15, -0.1) is 0 Å². The summed E-state index contributed by atoms with van der Waals surface area (Å²) in [6, 6.07) is 3.24. The zero-order valence-corrected chi connectivity index (χ0v) is 7.24. The number of carbonyl (C=O) groups excluding carboxylic acids is 1. The van der Waals surface area contributed by atoms with Gasteiger partial charge in [0.25, 0.3) is 0 Å². The number of hydrogen-bond donors (Lipinski definition) is 0. The fraction of sp³-hybridized carbons (Fsp3) is 0.167. The fourth-order valence-electron chi connectivity index (χ4n) is 0.476. The number of methoxy groups -OCH3 is 1. The monoisotopic (exact) mass is 192 g/mol. The van der Waals surface area contributed by atoms with Gasteiger partial charge in [-0.25, -0.2) is 4.79 Å². The molecule has 60 valence electrons. The maximum atomic E-state index is 10.5. The van der Waals surface area contributed by atoms with Gasteiger partial charge in [0.05, 0.1) is 11.4 Å². The van der Waals surface area contributed by atoms with Gasteiger partial charge < -0.3 is 9.47 Å². The van der Waals surface area contributed by atoms with Crippen molar-refractivity contribution in [3.8, 4) is 5.06 Å². The molecule has 0 spiro atoms. The molecule has 0 bridgehead atoms. The van der Waals surface area contributed by atoms with Crippen LogP contribution in [0.5, 0.6) is 5.06 Å². The molecule has 0 saturated carbocycles. The number of halogens is 1. The van der Waals surface area contributed by atoms with Crippen LogP contribution in [0.4, 0.5) is 4.79 Å². The molecule has 0 unspecified atom stereocenters. The standard InChI is InChI=1S/C6H5ClO3S/c1-9-6(8)10-5-3-2-4(7)11-5/h2-3H,1H3. The van der Waals surface area contributed by atoms with Crippen LogP contribution in [0.25, 0.3) is 0 Å². The zero-order chi connectivity index (χ0) is 8.27. The van der Waals surface area contributed by atoms with E-state index in [0.717, 1.165) is 0 Å². The van der Waals surface area contributed by atoms with Crippen LogP contribution >= 0.6 is 22.9 Å².